The van der Waals surface area contributed by atoms with Crippen LogP contribution in [0.15, 0.2) is 48.5 Å². The van der Waals surface area contributed by atoms with Gasteiger partial charge in [0.1, 0.15) is 18.2 Å². The van der Waals surface area contributed by atoms with E-state index in [2.05, 4.69) is 37.3 Å². The van der Waals surface area contributed by atoms with E-state index in [0.29, 0.717) is 30.2 Å². The summed E-state index contributed by atoms with van der Waals surface area (Å²) in [6.45, 7) is 6.04. The number of imidazole rings is 1. The molecule has 2 heterocycles. The molecule has 0 aliphatic heterocycles. The standard InChI is InChI=1S/C21H23N7O2/c1-3-27-18-11-6-5-10-17(18)23-19(27)13-22-21(29)15-8-7-9-16(12-15)30-14-20-24-25-26-28(20)4-2/h5-12H,3-4,13-14H2,1-2H3,(H,22,29). The summed E-state index contributed by atoms with van der Waals surface area (Å²) >= 11 is 0. The molecule has 0 radical (unpaired) electrons. The number of rotatable bonds is 8. The Hall–Kier alpha value is -3.75. The molecule has 30 heavy (non-hydrogen) atoms. The third-order valence-corrected chi connectivity index (χ3v) is 4.83. The maximum atomic E-state index is 12.7. The van der Waals surface area contributed by atoms with E-state index in [1.54, 1.807) is 28.9 Å². The van der Waals surface area contributed by atoms with Crippen LogP contribution in [0.5, 0.6) is 5.75 Å². The van der Waals surface area contributed by atoms with E-state index in [-0.39, 0.29) is 12.5 Å². The lowest BCUT2D eigenvalue weighted by Crippen LogP contribution is -2.24. The molecule has 0 saturated carbocycles. The van der Waals surface area contributed by atoms with Crippen LogP contribution in [-0.2, 0) is 26.2 Å². The molecule has 0 bridgehead atoms. The predicted molar refractivity (Wildman–Crippen MR) is 111 cm³/mol. The molecule has 9 heteroatoms. The molecule has 4 aromatic rings. The van der Waals surface area contributed by atoms with Crippen LogP contribution in [0.3, 0.4) is 0 Å². The normalized spacial score (nSPS) is 11.0. The molecule has 0 unspecified atom stereocenters. The lowest BCUT2D eigenvalue weighted by Gasteiger charge is -2.09. The van der Waals surface area contributed by atoms with E-state index in [1.165, 1.54) is 0 Å². The summed E-state index contributed by atoms with van der Waals surface area (Å²) in [4.78, 5) is 17.3. The number of aryl methyl sites for hydroxylation is 2. The SMILES string of the molecule is CCn1nnnc1COc1cccc(C(=O)NCc2nc3ccccc3n2CC)c1. The number of hydrogen-bond donors (Lipinski definition) is 1. The number of carbonyl (C=O) groups is 1. The highest BCUT2D eigenvalue weighted by molar-refractivity contribution is 5.94. The number of aromatic nitrogens is 6. The lowest BCUT2D eigenvalue weighted by molar-refractivity contribution is 0.0949. The smallest absolute Gasteiger partial charge is 0.251 e. The van der Waals surface area contributed by atoms with Crippen LogP contribution in [0.2, 0.25) is 0 Å². The van der Waals surface area contributed by atoms with Gasteiger partial charge in [0.25, 0.3) is 5.91 Å². The molecule has 1 amide bonds. The van der Waals surface area contributed by atoms with Crippen molar-refractivity contribution >= 4 is 16.9 Å². The van der Waals surface area contributed by atoms with Gasteiger partial charge in [0.05, 0.1) is 17.6 Å². The van der Waals surface area contributed by atoms with Gasteiger partial charge in [0.2, 0.25) is 0 Å². The molecule has 2 aromatic heterocycles. The van der Waals surface area contributed by atoms with Crippen LogP contribution < -0.4 is 10.1 Å². The number of amides is 1. The minimum Gasteiger partial charge on any atom is -0.486 e. The molecule has 0 aliphatic rings. The van der Waals surface area contributed by atoms with Crippen molar-refractivity contribution in [3.8, 4) is 5.75 Å². The monoisotopic (exact) mass is 405 g/mol. The highest BCUT2D eigenvalue weighted by atomic mass is 16.5. The Morgan fingerprint density at radius 3 is 2.77 bits per heavy atom. The Morgan fingerprint density at radius 1 is 1.07 bits per heavy atom. The number of fused-ring (bicyclic) bond motifs is 1. The summed E-state index contributed by atoms with van der Waals surface area (Å²) in [7, 11) is 0. The van der Waals surface area contributed by atoms with E-state index < -0.39 is 0 Å². The molecule has 4 rings (SSSR count). The van der Waals surface area contributed by atoms with Crippen molar-refractivity contribution in [3.63, 3.8) is 0 Å². The first kappa shape index (κ1) is 19.6. The molecule has 0 saturated heterocycles. The van der Waals surface area contributed by atoms with E-state index in [0.717, 1.165) is 23.4 Å². The number of carbonyl (C=O) groups excluding carboxylic acids is 1. The topological polar surface area (TPSA) is 99.8 Å². The summed E-state index contributed by atoms with van der Waals surface area (Å²) < 4.78 is 9.53. The highest BCUT2D eigenvalue weighted by Gasteiger charge is 2.12. The van der Waals surface area contributed by atoms with Crippen molar-refractivity contribution < 1.29 is 9.53 Å². The molecule has 0 fully saturated rings. The molecule has 0 aliphatic carbocycles. The first-order chi connectivity index (χ1) is 14.7. The zero-order valence-corrected chi connectivity index (χ0v) is 16.9. The van der Waals surface area contributed by atoms with Crippen LogP contribution in [0.25, 0.3) is 11.0 Å². The maximum Gasteiger partial charge on any atom is 0.251 e. The quantitative estimate of drug-likeness (QED) is 0.484. The number of tetrazole rings is 1. The Morgan fingerprint density at radius 2 is 1.93 bits per heavy atom. The van der Waals surface area contributed by atoms with Gasteiger partial charge in [-0.05, 0) is 54.6 Å². The summed E-state index contributed by atoms with van der Waals surface area (Å²) in [5, 5.41) is 14.4. The van der Waals surface area contributed by atoms with Crippen LogP contribution in [0.1, 0.15) is 35.9 Å². The fraction of sp³-hybridized carbons (Fsp3) is 0.286. The third kappa shape index (κ3) is 4.00. The van der Waals surface area contributed by atoms with Gasteiger partial charge in [-0.15, -0.1) is 5.10 Å². The van der Waals surface area contributed by atoms with Gasteiger partial charge < -0.3 is 14.6 Å². The fourth-order valence-electron chi connectivity index (χ4n) is 3.32. The average molecular weight is 405 g/mol. The van der Waals surface area contributed by atoms with Crippen molar-refractivity contribution in [2.24, 2.45) is 0 Å². The molecule has 1 N–H and O–H groups in total. The van der Waals surface area contributed by atoms with E-state index in [4.69, 9.17) is 4.74 Å². The van der Waals surface area contributed by atoms with Gasteiger partial charge >= 0.3 is 0 Å². The van der Waals surface area contributed by atoms with E-state index in [1.807, 2.05) is 31.2 Å². The molecule has 0 atom stereocenters. The first-order valence-corrected chi connectivity index (χ1v) is 9.89. The Balaban J connectivity index is 1.42. The summed E-state index contributed by atoms with van der Waals surface area (Å²) in [5.74, 6) is 1.85. The largest absolute Gasteiger partial charge is 0.486 e. The Labute approximate surface area is 173 Å². The number of para-hydroxylation sites is 2. The number of benzene rings is 2. The zero-order valence-electron chi connectivity index (χ0n) is 16.9. The van der Waals surface area contributed by atoms with Crippen LogP contribution in [-0.4, -0.2) is 35.7 Å². The minimum atomic E-state index is -0.187. The van der Waals surface area contributed by atoms with Crippen molar-refractivity contribution in [1.29, 1.82) is 0 Å². The third-order valence-electron chi connectivity index (χ3n) is 4.83. The Kier molecular flexibility index (Phi) is 5.69. The summed E-state index contributed by atoms with van der Waals surface area (Å²) in [6, 6.07) is 15.0. The van der Waals surface area contributed by atoms with Gasteiger partial charge in [0.15, 0.2) is 5.82 Å². The Bertz CT molecular complexity index is 1170. The van der Waals surface area contributed by atoms with Gasteiger partial charge in [-0.25, -0.2) is 9.67 Å². The van der Waals surface area contributed by atoms with Gasteiger partial charge in [-0.3, -0.25) is 4.79 Å². The van der Waals surface area contributed by atoms with Gasteiger partial charge in [0, 0.05) is 18.7 Å². The maximum absolute atomic E-state index is 12.7. The highest BCUT2D eigenvalue weighted by Crippen LogP contribution is 2.17. The number of nitrogens with zero attached hydrogens (tertiary/aromatic N) is 6. The van der Waals surface area contributed by atoms with Crippen LogP contribution >= 0.6 is 0 Å². The molecule has 2 aromatic carbocycles. The van der Waals surface area contributed by atoms with E-state index >= 15 is 0 Å². The second-order valence-corrected chi connectivity index (χ2v) is 6.67. The summed E-state index contributed by atoms with van der Waals surface area (Å²) in [6.07, 6.45) is 0. The molecule has 9 nitrogen and oxygen atoms in total. The average Bonchev–Trinajstić information content (AvgIpc) is 3.39. The van der Waals surface area contributed by atoms with Gasteiger partial charge in [-0.1, -0.05) is 18.2 Å². The van der Waals surface area contributed by atoms with Crippen LogP contribution in [0, 0.1) is 0 Å². The lowest BCUT2D eigenvalue weighted by atomic mass is 10.2. The number of ether oxygens (including phenoxy) is 1. The van der Waals surface area contributed by atoms with E-state index in [9.17, 15) is 4.79 Å². The minimum absolute atomic E-state index is 0.187. The van der Waals surface area contributed by atoms with Crippen LogP contribution in [0.4, 0.5) is 0 Å². The molecule has 154 valence electrons. The number of nitrogens with one attached hydrogen (secondary N) is 1. The van der Waals surface area contributed by atoms with Crippen molar-refractivity contribution in [2.75, 3.05) is 0 Å². The predicted octanol–water partition coefficient (Wildman–Crippen LogP) is 2.57. The van der Waals surface area contributed by atoms with Crippen molar-refractivity contribution in [1.82, 2.24) is 35.1 Å². The fourth-order valence-corrected chi connectivity index (χ4v) is 3.32. The second-order valence-electron chi connectivity index (χ2n) is 6.67. The number of hydrogen-bond acceptors (Lipinski definition) is 6. The second kappa shape index (κ2) is 8.73. The van der Waals surface area contributed by atoms with Gasteiger partial charge in [-0.2, -0.15) is 0 Å². The van der Waals surface area contributed by atoms with Crippen molar-refractivity contribution in [3.05, 3.63) is 65.7 Å². The molecular formula is C21H23N7O2. The molecular weight excluding hydrogens is 382 g/mol. The first-order valence-electron chi connectivity index (χ1n) is 9.89. The summed E-state index contributed by atoms with van der Waals surface area (Å²) in [5.41, 5.74) is 2.50. The zero-order chi connectivity index (χ0) is 20.9. The van der Waals surface area contributed by atoms with Crippen molar-refractivity contribution in [2.45, 2.75) is 40.1 Å². The molecule has 0 spiro atoms.